The van der Waals surface area contributed by atoms with Crippen LogP contribution in [-0.2, 0) is 6.54 Å². The van der Waals surface area contributed by atoms with Crippen LogP contribution in [-0.4, -0.2) is 51.4 Å². The topological polar surface area (TPSA) is 40.9 Å². The normalized spacial score (nSPS) is 24.3. The Labute approximate surface area is 121 Å². The van der Waals surface area contributed by atoms with Gasteiger partial charge in [-0.1, -0.05) is 0 Å². The van der Waals surface area contributed by atoms with Gasteiger partial charge < -0.3 is 0 Å². The van der Waals surface area contributed by atoms with Gasteiger partial charge in [0.25, 0.3) is 5.56 Å². The maximum Gasteiger partial charge on any atom is 0.258 e. The number of nitrogens with zero attached hydrogens (tertiary/aromatic N) is 4. The Balaban J connectivity index is 1.54. The molecule has 0 aliphatic carbocycles. The quantitative estimate of drug-likeness (QED) is 0.828. The van der Waals surface area contributed by atoms with E-state index in [-0.39, 0.29) is 5.56 Å². The minimum absolute atomic E-state index is 0.0331. The number of thiazole rings is 1. The van der Waals surface area contributed by atoms with Crippen LogP contribution in [0.25, 0.3) is 4.96 Å². The number of fused-ring (bicyclic) bond motifs is 2. The second kappa shape index (κ2) is 4.95. The average Bonchev–Trinajstić information content (AvgIpc) is 3.06. The molecule has 0 radical (unpaired) electrons. The number of piperazine rings is 1. The minimum Gasteiger partial charge on any atom is -0.298 e. The zero-order valence-corrected chi connectivity index (χ0v) is 12.2. The first-order valence-electron chi connectivity index (χ1n) is 7.22. The Kier molecular flexibility index (Phi) is 3.09. The molecular formula is C14H18N4OS. The maximum atomic E-state index is 12.0. The van der Waals surface area contributed by atoms with Crippen LogP contribution in [0, 0.1) is 0 Å². The number of aromatic nitrogens is 2. The van der Waals surface area contributed by atoms with Crippen LogP contribution in [0.15, 0.2) is 22.4 Å². The van der Waals surface area contributed by atoms with Crippen molar-refractivity contribution in [3.05, 3.63) is 33.7 Å². The fourth-order valence-corrected chi connectivity index (χ4v) is 4.14. The number of hydrogen-bond donors (Lipinski definition) is 0. The van der Waals surface area contributed by atoms with Crippen molar-refractivity contribution in [3.8, 4) is 0 Å². The average molecular weight is 290 g/mol. The Morgan fingerprint density at radius 2 is 2.30 bits per heavy atom. The van der Waals surface area contributed by atoms with Gasteiger partial charge in [-0.2, -0.15) is 0 Å². The molecule has 2 fully saturated rings. The van der Waals surface area contributed by atoms with Gasteiger partial charge in [-0.3, -0.25) is 19.0 Å². The summed E-state index contributed by atoms with van der Waals surface area (Å²) in [5, 5.41) is 1.91. The predicted octanol–water partition coefficient (Wildman–Crippen LogP) is 1.04. The summed E-state index contributed by atoms with van der Waals surface area (Å²) in [5.74, 6) is 0. The van der Waals surface area contributed by atoms with Gasteiger partial charge in [0.1, 0.15) is 0 Å². The van der Waals surface area contributed by atoms with E-state index in [2.05, 4.69) is 14.8 Å². The van der Waals surface area contributed by atoms with E-state index in [0.717, 1.165) is 42.9 Å². The molecule has 0 amide bonds. The first-order chi connectivity index (χ1) is 9.79. The summed E-state index contributed by atoms with van der Waals surface area (Å²) in [6.07, 6.45) is 4.44. The molecule has 0 bridgehead atoms. The highest BCUT2D eigenvalue weighted by Gasteiger charge is 2.30. The molecule has 2 aromatic heterocycles. The molecule has 0 spiro atoms. The highest BCUT2D eigenvalue weighted by atomic mass is 32.1. The molecule has 0 saturated carbocycles. The summed E-state index contributed by atoms with van der Waals surface area (Å²) >= 11 is 1.52. The second-order valence-corrected chi connectivity index (χ2v) is 6.58. The molecule has 2 saturated heterocycles. The van der Waals surface area contributed by atoms with Gasteiger partial charge in [-0.15, -0.1) is 11.3 Å². The van der Waals surface area contributed by atoms with E-state index in [9.17, 15) is 4.79 Å². The van der Waals surface area contributed by atoms with Gasteiger partial charge in [0, 0.05) is 49.9 Å². The van der Waals surface area contributed by atoms with Crippen molar-refractivity contribution in [1.29, 1.82) is 0 Å². The zero-order valence-electron chi connectivity index (χ0n) is 11.4. The van der Waals surface area contributed by atoms with Crippen LogP contribution >= 0.6 is 11.3 Å². The van der Waals surface area contributed by atoms with E-state index < -0.39 is 0 Å². The van der Waals surface area contributed by atoms with E-state index in [4.69, 9.17) is 0 Å². The summed E-state index contributed by atoms with van der Waals surface area (Å²) in [5.41, 5.74) is 0.939. The van der Waals surface area contributed by atoms with Crippen LogP contribution in [0.3, 0.4) is 0 Å². The van der Waals surface area contributed by atoms with E-state index in [1.54, 1.807) is 16.7 Å². The summed E-state index contributed by atoms with van der Waals surface area (Å²) in [6, 6.07) is 2.40. The highest BCUT2D eigenvalue weighted by Crippen LogP contribution is 2.22. The van der Waals surface area contributed by atoms with E-state index in [0.29, 0.717) is 0 Å². The molecule has 20 heavy (non-hydrogen) atoms. The van der Waals surface area contributed by atoms with Crippen molar-refractivity contribution in [2.45, 2.75) is 25.4 Å². The van der Waals surface area contributed by atoms with Gasteiger partial charge in [0.05, 0.1) is 5.69 Å². The van der Waals surface area contributed by atoms with E-state index >= 15 is 0 Å². The van der Waals surface area contributed by atoms with Gasteiger partial charge in [-0.05, 0) is 19.4 Å². The van der Waals surface area contributed by atoms with Gasteiger partial charge >= 0.3 is 0 Å². The van der Waals surface area contributed by atoms with Crippen LogP contribution in [0.1, 0.15) is 18.5 Å². The van der Waals surface area contributed by atoms with Crippen LogP contribution in [0.4, 0.5) is 0 Å². The van der Waals surface area contributed by atoms with Crippen molar-refractivity contribution in [2.24, 2.45) is 0 Å². The van der Waals surface area contributed by atoms with Crippen LogP contribution in [0.5, 0.6) is 0 Å². The predicted molar refractivity (Wildman–Crippen MR) is 79.2 cm³/mol. The maximum absolute atomic E-state index is 12.0. The molecule has 0 N–H and O–H groups in total. The summed E-state index contributed by atoms with van der Waals surface area (Å²) < 4.78 is 1.61. The third-order valence-electron chi connectivity index (χ3n) is 4.41. The monoisotopic (exact) mass is 290 g/mol. The molecule has 1 atom stereocenters. The fourth-order valence-electron chi connectivity index (χ4n) is 3.40. The van der Waals surface area contributed by atoms with Crippen molar-refractivity contribution < 1.29 is 0 Å². The molecule has 2 aliphatic heterocycles. The molecule has 4 rings (SSSR count). The molecule has 0 aromatic carbocycles. The minimum atomic E-state index is 0.0331. The van der Waals surface area contributed by atoms with E-state index in [1.807, 2.05) is 5.38 Å². The van der Waals surface area contributed by atoms with Gasteiger partial charge in [0.15, 0.2) is 4.96 Å². The largest absolute Gasteiger partial charge is 0.298 e. The Morgan fingerprint density at radius 3 is 3.25 bits per heavy atom. The van der Waals surface area contributed by atoms with Crippen molar-refractivity contribution in [3.63, 3.8) is 0 Å². The molecule has 4 heterocycles. The lowest BCUT2D eigenvalue weighted by molar-refractivity contribution is 0.0985. The zero-order chi connectivity index (χ0) is 13.5. The second-order valence-electron chi connectivity index (χ2n) is 5.71. The van der Waals surface area contributed by atoms with Gasteiger partial charge in [0.2, 0.25) is 0 Å². The molecule has 2 aliphatic rings. The first kappa shape index (κ1) is 12.5. The van der Waals surface area contributed by atoms with Crippen molar-refractivity contribution in [2.75, 3.05) is 26.2 Å². The molecule has 0 unspecified atom stereocenters. The standard InChI is InChI=1S/C14H18N4OS/c19-13-8-11(15-14-18(13)6-7-20-14)9-16-4-5-17-3-1-2-12(17)10-16/h6-8,12H,1-5,9-10H2/t12-/m1/s1. The highest BCUT2D eigenvalue weighted by molar-refractivity contribution is 7.15. The molecule has 5 nitrogen and oxygen atoms in total. The number of rotatable bonds is 2. The lowest BCUT2D eigenvalue weighted by Crippen LogP contribution is -2.49. The van der Waals surface area contributed by atoms with Gasteiger partial charge in [-0.25, -0.2) is 4.98 Å². The third-order valence-corrected chi connectivity index (χ3v) is 5.17. The Morgan fingerprint density at radius 1 is 1.35 bits per heavy atom. The van der Waals surface area contributed by atoms with Crippen LogP contribution < -0.4 is 5.56 Å². The Bertz CT molecular complexity index is 679. The molecule has 6 heteroatoms. The summed E-state index contributed by atoms with van der Waals surface area (Å²) in [6.45, 7) is 5.42. The van der Waals surface area contributed by atoms with Crippen molar-refractivity contribution in [1.82, 2.24) is 19.2 Å². The fraction of sp³-hybridized carbons (Fsp3) is 0.571. The summed E-state index contributed by atoms with van der Waals surface area (Å²) in [7, 11) is 0. The van der Waals surface area contributed by atoms with Crippen molar-refractivity contribution >= 4 is 16.3 Å². The lowest BCUT2D eigenvalue weighted by Gasteiger charge is -2.37. The van der Waals surface area contributed by atoms with E-state index in [1.165, 1.54) is 30.7 Å². The van der Waals surface area contributed by atoms with Crippen LogP contribution in [0.2, 0.25) is 0 Å². The SMILES string of the molecule is O=c1cc(CN2CCN3CCC[C@@H]3C2)nc2sccn12. The third kappa shape index (κ3) is 2.17. The molecule has 2 aromatic rings. The Hall–Kier alpha value is -1.24. The molecule has 106 valence electrons. The summed E-state index contributed by atoms with van der Waals surface area (Å²) in [4.78, 5) is 22.4. The first-order valence-corrected chi connectivity index (χ1v) is 8.10. The smallest absolute Gasteiger partial charge is 0.258 e. The number of hydrogen-bond acceptors (Lipinski definition) is 5. The molecular weight excluding hydrogens is 272 g/mol. The lowest BCUT2D eigenvalue weighted by atomic mass is 10.1.